The number of benzene rings is 1. The molecule has 1 aromatic rings. The van der Waals surface area contributed by atoms with Gasteiger partial charge in [0.25, 0.3) is 0 Å². The van der Waals surface area contributed by atoms with E-state index in [-0.39, 0.29) is 5.82 Å². The van der Waals surface area contributed by atoms with Gasteiger partial charge in [-0.3, -0.25) is 0 Å². The number of hydrogen-bond donors (Lipinski definition) is 1. The molecule has 1 rings (SSSR count). The monoisotopic (exact) mass is 197 g/mol. The van der Waals surface area contributed by atoms with Crippen molar-refractivity contribution in [2.75, 3.05) is 13.7 Å². The van der Waals surface area contributed by atoms with Crippen molar-refractivity contribution in [3.8, 4) is 5.75 Å². The molecule has 0 saturated carbocycles. The lowest BCUT2D eigenvalue weighted by molar-refractivity contribution is 0.412. The van der Waals surface area contributed by atoms with E-state index in [1.54, 1.807) is 19.2 Å². The van der Waals surface area contributed by atoms with Crippen LogP contribution in [-0.2, 0) is 6.54 Å². The van der Waals surface area contributed by atoms with Crippen LogP contribution < -0.4 is 10.1 Å². The van der Waals surface area contributed by atoms with Gasteiger partial charge in [0.15, 0.2) is 0 Å². The average molecular weight is 197 g/mol. The van der Waals surface area contributed by atoms with Crippen molar-refractivity contribution >= 4 is 0 Å². The van der Waals surface area contributed by atoms with E-state index in [1.807, 2.05) is 0 Å². The third-order valence-corrected chi connectivity index (χ3v) is 2.00. The molecule has 1 aromatic carbocycles. The predicted octanol–water partition coefficient (Wildman–Crippen LogP) is 2.33. The maximum absolute atomic E-state index is 13.2. The van der Waals surface area contributed by atoms with E-state index < -0.39 is 0 Å². The van der Waals surface area contributed by atoms with Gasteiger partial charge in [-0.1, -0.05) is 6.92 Å². The predicted molar refractivity (Wildman–Crippen MR) is 54.9 cm³/mol. The van der Waals surface area contributed by atoms with Crippen molar-refractivity contribution < 1.29 is 9.13 Å². The van der Waals surface area contributed by atoms with Gasteiger partial charge < -0.3 is 10.1 Å². The zero-order valence-corrected chi connectivity index (χ0v) is 8.64. The summed E-state index contributed by atoms with van der Waals surface area (Å²) < 4.78 is 18.3. The first-order valence-electron chi connectivity index (χ1n) is 4.81. The van der Waals surface area contributed by atoms with Crippen molar-refractivity contribution in [2.45, 2.75) is 19.9 Å². The lowest BCUT2D eigenvalue weighted by Crippen LogP contribution is -2.14. The van der Waals surface area contributed by atoms with Crippen LogP contribution in [0.3, 0.4) is 0 Å². The maximum atomic E-state index is 13.2. The molecule has 0 heterocycles. The lowest BCUT2D eigenvalue weighted by Gasteiger charge is -2.06. The number of halogens is 1. The second-order valence-corrected chi connectivity index (χ2v) is 3.13. The minimum atomic E-state index is -0.186. The van der Waals surface area contributed by atoms with E-state index in [1.165, 1.54) is 6.07 Å². The summed E-state index contributed by atoms with van der Waals surface area (Å²) in [6, 6.07) is 4.78. The summed E-state index contributed by atoms with van der Waals surface area (Å²) in [6.07, 6.45) is 1.05. The highest BCUT2D eigenvalue weighted by atomic mass is 19.1. The largest absolute Gasteiger partial charge is 0.497 e. The molecular formula is C11H16FNO. The SMILES string of the molecule is CCCNCc1cc(OC)ccc1F. The van der Waals surface area contributed by atoms with Crippen LogP contribution in [0.25, 0.3) is 0 Å². The molecule has 0 atom stereocenters. The second kappa shape index (κ2) is 5.60. The van der Waals surface area contributed by atoms with Crippen LogP contribution >= 0.6 is 0 Å². The van der Waals surface area contributed by atoms with E-state index in [2.05, 4.69) is 12.2 Å². The van der Waals surface area contributed by atoms with Gasteiger partial charge in [0.05, 0.1) is 7.11 Å². The first kappa shape index (κ1) is 11.0. The summed E-state index contributed by atoms with van der Waals surface area (Å²) in [5.74, 6) is 0.508. The summed E-state index contributed by atoms with van der Waals surface area (Å²) in [6.45, 7) is 3.53. The first-order valence-corrected chi connectivity index (χ1v) is 4.81. The lowest BCUT2D eigenvalue weighted by atomic mass is 10.2. The molecule has 0 radical (unpaired) electrons. The van der Waals surface area contributed by atoms with Crippen LogP contribution in [0.1, 0.15) is 18.9 Å². The van der Waals surface area contributed by atoms with Crippen molar-refractivity contribution in [2.24, 2.45) is 0 Å². The van der Waals surface area contributed by atoms with Crippen LogP contribution in [-0.4, -0.2) is 13.7 Å². The van der Waals surface area contributed by atoms with Crippen molar-refractivity contribution in [3.63, 3.8) is 0 Å². The molecule has 0 bridgehead atoms. The highest BCUT2D eigenvalue weighted by molar-refractivity contribution is 5.29. The Bertz CT molecular complexity index is 289. The number of methoxy groups -OCH3 is 1. The average Bonchev–Trinajstić information content (AvgIpc) is 2.21. The number of ether oxygens (including phenoxy) is 1. The summed E-state index contributed by atoms with van der Waals surface area (Å²) in [7, 11) is 1.58. The van der Waals surface area contributed by atoms with E-state index in [0.717, 1.165) is 13.0 Å². The Kier molecular flexibility index (Phi) is 4.40. The Balaban J connectivity index is 2.64. The fraction of sp³-hybridized carbons (Fsp3) is 0.455. The Hall–Kier alpha value is -1.09. The molecule has 3 heteroatoms. The molecule has 0 aliphatic heterocycles. The van der Waals surface area contributed by atoms with Crippen molar-refractivity contribution in [1.29, 1.82) is 0 Å². The molecule has 0 aliphatic carbocycles. The molecule has 0 saturated heterocycles. The number of rotatable bonds is 5. The topological polar surface area (TPSA) is 21.3 Å². The Morgan fingerprint density at radius 2 is 2.21 bits per heavy atom. The standard InChI is InChI=1S/C11H16FNO/c1-3-6-13-8-9-7-10(14-2)4-5-11(9)12/h4-5,7,13H,3,6,8H2,1-2H3. The highest BCUT2D eigenvalue weighted by Crippen LogP contribution is 2.16. The van der Waals surface area contributed by atoms with Gasteiger partial charge in [-0.2, -0.15) is 0 Å². The van der Waals surface area contributed by atoms with Crippen LogP contribution in [0, 0.1) is 5.82 Å². The number of hydrogen-bond acceptors (Lipinski definition) is 2. The van der Waals surface area contributed by atoms with Crippen LogP contribution in [0.4, 0.5) is 4.39 Å². The molecule has 0 amide bonds. The molecular weight excluding hydrogens is 181 g/mol. The molecule has 0 aliphatic rings. The summed E-state index contributed by atoms with van der Waals surface area (Å²) in [5, 5.41) is 3.15. The molecule has 0 unspecified atom stereocenters. The van der Waals surface area contributed by atoms with Crippen LogP contribution in [0.2, 0.25) is 0 Å². The van der Waals surface area contributed by atoms with E-state index in [4.69, 9.17) is 4.74 Å². The van der Waals surface area contributed by atoms with Crippen molar-refractivity contribution in [1.82, 2.24) is 5.32 Å². The molecule has 14 heavy (non-hydrogen) atoms. The zero-order valence-electron chi connectivity index (χ0n) is 8.64. The van der Waals surface area contributed by atoms with E-state index in [9.17, 15) is 4.39 Å². The fourth-order valence-corrected chi connectivity index (χ4v) is 1.21. The molecule has 0 aromatic heterocycles. The van der Waals surface area contributed by atoms with Gasteiger partial charge in [0, 0.05) is 12.1 Å². The van der Waals surface area contributed by atoms with Crippen molar-refractivity contribution in [3.05, 3.63) is 29.6 Å². The molecule has 0 fully saturated rings. The third kappa shape index (κ3) is 3.00. The summed E-state index contributed by atoms with van der Waals surface area (Å²) >= 11 is 0. The summed E-state index contributed by atoms with van der Waals surface area (Å²) in [5.41, 5.74) is 0.651. The molecule has 78 valence electrons. The minimum absolute atomic E-state index is 0.186. The Labute approximate surface area is 84.1 Å². The first-order chi connectivity index (χ1) is 6.77. The normalized spacial score (nSPS) is 10.2. The summed E-state index contributed by atoms with van der Waals surface area (Å²) in [4.78, 5) is 0. The highest BCUT2D eigenvalue weighted by Gasteiger charge is 2.02. The second-order valence-electron chi connectivity index (χ2n) is 3.13. The maximum Gasteiger partial charge on any atom is 0.127 e. The smallest absolute Gasteiger partial charge is 0.127 e. The minimum Gasteiger partial charge on any atom is -0.497 e. The van der Waals surface area contributed by atoms with Gasteiger partial charge in [-0.15, -0.1) is 0 Å². The van der Waals surface area contributed by atoms with Gasteiger partial charge in [-0.25, -0.2) is 4.39 Å². The van der Waals surface area contributed by atoms with Gasteiger partial charge in [-0.05, 0) is 31.2 Å². The molecule has 0 spiro atoms. The van der Waals surface area contributed by atoms with Gasteiger partial charge in [0.2, 0.25) is 0 Å². The Morgan fingerprint density at radius 3 is 2.86 bits per heavy atom. The third-order valence-electron chi connectivity index (χ3n) is 2.00. The van der Waals surface area contributed by atoms with Crippen LogP contribution in [0.15, 0.2) is 18.2 Å². The van der Waals surface area contributed by atoms with Crippen LogP contribution in [0.5, 0.6) is 5.75 Å². The number of nitrogens with one attached hydrogen (secondary N) is 1. The fourth-order valence-electron chi connectivity index (χ4n) is 1.21. The van der Waals surface area contributed by atoms with Gasteiger partial charge in [0.1, 0.15) is 11.6 Å². The molecule has 2 nitrogen and oxygen atoms in total. The Morgan fingerprint density at radius 1 is 1.43 bits per heavy atom. The molecule has 1 N–H and O–H groups in total. The van der Waals surface area contributed by atoms with Gasteiger partial charge >= 0.3 is 0 Å². The quantitative estimate of drug-likeness (QED) is 0.731. The van der Waals surface area contributed by atoms with E-state index >= 15 is 0 Å². The zero-order chi connectivity index (χ0) is 10.4. The van der Waals surface area contributed by atoms with E-state index in [0.29, 0.717) is 17.9 Å².